The minimum absolute atomic E-state index is 0.186. The lowest BCUT2D eigenvalue weighted by molar-refractivity contribution is -0.130. The van der Waals surface area contributed by atoms with Gasteiger partial charge in [-0.1, -0.05) is 19.3 Å². The first kappa shape index (κ1) is 15.8. The van der Waals surface area contributed by atoms with E-state index in [1.807, 2.05) is 4.90 Å². The normalized spacial score (nSPS) is 22.2. The molecule has 124 valence electrons. The zero-order chi connectivity index (χ0) is 16.2. The molecule has 0 radical (unpaired) electrons. The second-order valence-electron chi connectivity index (χ2n) is 6.33. The van der Waals surface area contributed by atoms with E-state index in [2.05, 4.69) is 5.32 Å². The molecule has 3 N–H and O–H groups in total. The van der Waals surface area contributed by atoms with Gasteiger partial charge in [-0.05, 0) is 43.5 Å². The molecule has 0 spiro atoms. The SMILES string of the molecule is O=C(NO)c1ccc(NC2CCN(C3CCCCC3)C2=O)cc1. The topological polar surface area (TPSA) is 81.7 Å². The van der Waals surface area contributed by atoms with Crippen LogP contribution >= 0.6 is 0 Å². The quantitative estimate of drug-likeness (QED) is 0.587. The molecule has 1 aliphatic carbocycles. The summed E-state index contributed by atoms with van der Waals surface area (Å²) in [6.45, 7) is 0.826. The van der Waals surface area contributed by atoms with Gasteiger partial charge in [0, 0.05) is 23.8 Å². The Kier molecular flexibility index (Phi) is 4.81. The first-order valence-corrected chi connectivity index (χ1v) is 8.30. The molecule has 0 bridgehead atoms. The number of benzene rings is 1. The molecule has 3 rings (SSSR count). The van der Waals surface area contributed by atoms with Gasteiger partial charge in [-0.3, -0.25) is 14.8 Å². The Bertz CT molecular complexity index is 567. The van der Waals surface area contributed by atoms with Gasteiger partial charge in [0.15, 0.2) is 0 Å². The Balaban J connectivity index is 1.60. The maximum Gasteiger partial charge on any atom is 0.274 e. The predicted octanol–water partition coefficient (Wildman–Crippen LogP) is 2.15. The number of hydroxylamine groups is 1. The van der Waals surface area contributed by atoms with Crippen LogP contribution in [0.25, 0.3) is 0 Å². The molecule has 0 aromatic heterocycles. The second-order valence-corrected chi connectivity index (χ2v) is 6.33. The smallest absolute Gasteiger partial charge is 0.274 e. The summed E-state index contributed by atoms with van der Waals surface area (Å²) in [5.74, 6) is -0.356. The van der Waals surface area contributed by atoms with Crippen molar-refractivity contribution in [1.29, 1.82) is 0 Å². The Labute approximate surface area is 135 Å². The molecule has 23 heavy (non-hydrogen) atoms. The third-order valence-electron chi connectivity index (χ3n) is 4.84. The molecular weight excluding hydrogens is 294 g/mol. The van der Waals surface area contributed by atoms with Crippen molar-refractivity contribution < 1.29 is 14.8 Å². The lowest BCUT2D eigenvalue weighted by atomic mass is 9.94. The molecule has 6 heteroatoms. The van der Waals surface area contributed by atoms with Crippen LogP contribution in [-0.2, 0) is 4.79 Å². The highest BCUT2D eigenvalue weighted by molar-refractivity contribution is 5.93. The summed E-state index contributed by atoms with van der Waals surface area (Å²) in [5, 5.41) is 11.9. The number of likely N-dealkylation sites (tertiary alicyclic amines) is 1. The molecule has 2 fully saturated rings. The average Bonchev–Trinajstić information content (AvgIpc) is 2.96. The van der Waals surface area contributed by atoms with Crippen LogP contribution in [0.2, 0.25) is 0 Å². The highest BCUT2D eigenvalue weighted by Gasteiger charge is 2.36. The Morgan fingerprint density at radius 1 is 1.09 bits per heavy atom. The van der Waals surface area contributed by atoms with Gasteiger partial charge in [0.2, 0.25) is 5.91 Å². The van der Waals surface area contributed by atoms with E-state index in [0.29, 0.717) is 11.6 Å². The van der Waals surface area contributed by atoms with Crippen molar-refractivity contribution in [3.8, 4) is 0 Å². The van der Waals surface area contributed by atoms with Gasteiger partial charge in [0.05, 0.1) is 0 Å². The van der Waals surface area contributed by atoms with Crippen LogP contribution in [0.5, 0.6) is 0 Å². The fourth-order valence-corrected chi connectivity index (χ4v) is 3.57. The van der Waals surface area contributed by atoms with Crippen molar-refractivity contribution in [3.05, 3.63) is 29.8 Å². The van der Waals surface area contributed by atoms with E-state index in [4.69, 9.17) is 5.21 Å². The standard InChI is InChI=1S/C17H23N3O3/c21-16(19-23)12-6-8-13(9-7-12)18-15-10-11-20(17(15)22)14-4-2-1-3-5-14/h6-9,14-15,18,23H,1-5,10-11H2,(H,19,21). The van der Waals surface area contributed by atoms with E-state index in [-0.39, 0.29) is 11.9 Å². The Morgan fingerprint density at radius 2 is 1.78 bits per heavy atom. The molecule has 6 nitrogen and oxygen atoms in total. The molecular formula is C17H23N3O3. The fraction of sp³-hybridized carbons (Fsp3) is 0.529. The molecule has 1 aliphatic heterocycles. The first-order chi connectivity index (χ1) is 11.2. The van der Waals surface area contributed by atoms with Crippen LogP contribution < -0.4 is 10.8 Å². The van der Waals surface area contributed by atoms with E-state index in [9.17, 15) is 9.59 Å². The molecule has 1 aromatic carbocycles. The lowest BCUT2D eigenvalue weighted by Gasteiger charge is -2.31. The minimum atomic E-state index is -0.544. The summed E-state index contributed by atoms with van der Waals surface area (Å²) in [6.07, 6.45) is 6.80. The van der Waals surface area contributed by atoms with Gasteiger partial charge in [-0.25, -0.2) is 5.48 Å². The monoisotopic (exact) mass is 317 g/mol. The van der Waals surface area contributed by atoms with E-state index in [1.54, 1.807) is 29.7 Å². The van der Waals surface area contributed by atoms with Crippen molar-refractivity contribution in [2.75, 3.05) is 11.9 Å². The lowest BCUT2D eigenvalue weighted by Crippen LogP contribution is -2.41. The Hall–Kier alpha value is -2.08. The van der Waals surface area contributed by atoms with Crippen molar-refractivity contribution in [3.63, 3.8) is 0 Å². The molecule has 1 unspecified atom stereocenters. The van der Waals surface area contributed by atoms with Gasteiger partial charge in [-0.15, -0.1) is 0 Å². The highest BCUT2D eigenvalue weighted by atomic mass is 16.5. The van der Waals surface area contributed by atoms with Crippen LogP contribution in [0.1, 0.15) is 48.9 Å². The zero-order valence-electron chi connectivity index (χ0n) is 13.1. The number of anilines is 1. The number of amides is 2. The van der Waals surface area contributed by atoms with Crippen LogP contribution in [-0.4, -0.2) is 40.5 Å². The van der Waals surface area contributed by atoms with Crippen molar-refractivity contribution in [2.45, 2.75) is 50.6 Å². The van der Waals surface area contributed by atoms with Crippen molar-refractivity contribution in [2.24, 2.45) is 0 Å². The van der Waals surface area contributed by atoms with E-state index < -0.39 is 5.91 Å². The van der Waals surface area contributed by atoms with Crippen molar-refractivity contribution >= 4 is 17.5 Å². The number of carbonyl (C=O) groups excluding carboxylic acids is 2. The summed E-state index contributed by atoms with van der Waals surface area (Å²) >= 11 is 0. The summed E-state index contributed by atoms with van der Waals surface area (Å²) in [5.41, 5.74) is 2.79. The third kappa shape index (κ3) is 3.47. The van der Waals surface area contributed by atoms with E-state index >= 15 is 0 Å². The van der Waals surface area contributed by atoms with Gasteiger partial charge in [0.25, 0.3) is 5.91 Å². The van der Waals surface area contributed by atoms with Gasteiger partial charge in [-0.2, -0.15) is 0 Å². The van der Waals surface area contributed by atoms with E-state index in [0.717, 1.165) is 31.5 Å². The number of nitrogens with one attached hydrogen (secondary N) is 2. The predicted molar refractivity (Wildman–Crippen MR) is 86.3 cm³/mol. The number of rotatable bonds is 4. The fourth-order valence-electron chi connectivity index (χ4n) is 3.57. The second kappa shape index (κ2) is 7.00. The first-order valence-electron chi connectivity index (χ1n) is 8.30. The minimum Gasteiger partial charge on any atom is -0.374 e. The van der Waals surface area contributed by atoms with Gasteiger partial charge in [0.1, 0.15) is 6.04 Å². The zero-order valence-corrected chi connectivity index (χ0v) is 13.1. The molecule has 1 heterocycles. The number of hydrogen-bond donors (Lipinski definition) is 3. The molecule has 1 saturated heterocycles. The van der Waals surface area contributed by atoms with Crippen molar-refractivity contribution in [1.82, 2.24) is 10.4 Å². The van der Waals surface area contributed by atoms with Crippen LogP contribution in [0.15, 0.2) is 24.3 Å². The molecule has 1 aromatic rings. The van der Waals surface area contributed by atoms with Crippen LogP contribution in [0.3, 0.4) is 0 Å². The third-order valence-corrected chi connectivity index (χ3v) is 4.84. The molecule has 2 aliphatic rings. The van der Waals surface area contributed by atoms with E-state index in [1.165, 1.54) is 19.3 Å². The number of carbonyl (C=O) groups is 2. The molecule has 1 atom stereocenters. The number of hydrogen-bond acceptors (Lipinski definition) is 4. The summed E-state index contributed by atoms with van der Waals surface area (Å²) in [7, 11) is 0. The number of nitrogens with zero attached hydrogens (tertiary/aromatic N) is 1. The summed E-state index contributed by atoms with van der Waals surface area (Å²) < 4.78 is 0. The molecule has 2 amide bonds. The van der Waals surface area contributed by atoms with Gasteiger partial charge >= 0.3 is 0 Å². The summed E-state index contributed by atoms with van der Waals surface area (Å²) in [6, 6.07) is 6.97. The van der Waals surface area contributed by atoms with Crippen LogP contribution in [0, 0.1) is 0 Å². The highest BCUT2D eigenvalue weighted by Crippen LogP contribution is 2.27. The maximum atomic E-state index is 12.6. The largest absolute Gasteiger partial charge is 0.374 e. The maximum absolute atomic E-state index is 12.6. The van der Waals surface area contributed by atoms with Gasteiger partial charge < -0.3 is 10.2 Å². The molecule has 1 saturated carbocycles. The Morgan fingerprint density at radius 3 is 2.43 bits per heavy atom. The average molecular weight is 317 g/mol. The van der Waals surface area contributed by atoms with Crippen LogP contribution in [0.4, 0.5) is 5.69 Å². The summed E-state index contributed by atoms with van der Waals surface area (Å²) in [4.78, 5) is 25.9.